The van der Waals surface area contributed by atoms with Crippen molar-refractivity contribution in [3.8, 4) is 0 Å². The van der Waals surface area contributed by atoms with Gasteiger partial charge in [-0.1, -0.05) is 36.4 Å². The van der Waals surface area contributed by atoms with E-state index in [0.717, 1.165) is 19.3 Å². The van der Waals surface area contributed by atoms with Crippen LogP contribution >= 0.6 is 0 Å². The molecule has 0 saturated heterocycles. The largest absolute Gasteiger partial charge is 0.303 e. The predicted molar refractivity (Wildman–Crippen MR) is 86.8 cm³/mol. The van der Waals surface area contributed by atoms with Gasteiger partial charge in [0.2, 0.25) is 0 Å². The zero-order chi connectivity index (χ0) is 15.1. The second-order valence-corrected chi connectivity index (χ2v) is 5.32. The molecule has 0 fully saturated rings. The normalized spacial score (nSPS) is 12.2. The Kier molecular flexibility index (Phi) is 6.40. The van der Waals surface area contributed by atoms with E-state index in [1.807, 2.05) is 12.2 Å². The highest BCUT2D eigenvalue weighted by atomic mass is 16.1. The summed E-state index contributed by atoms with van der Waals surface area (Å²) in [6.07, 6.45) is 6.19. The predicted octanol–water partition coefficient (Wildman–Crippen LogP) is 3.91. The molecule has 20 heavy (non-hydrogen) atoms. The molecule has 108 valence electrons. The van der Waals surface area contributed by atoms with Crippen LogP contribution in [0.3, 0.4) is 0 Å². The second kappa shape index (κ2) is 7.81. The Labute approximate surface area is 122 Å². The van der Waals surface area contributed by atoms with Crippen LogP contribution in [0.5, 0.6) is 0 Å². The van der Waals surface area contributed by atoms with Crippen molar-refractivity contribution >= 4 is 12.4 Å². The number of hydrogen-bond donors (Lipinski definition) is 0. The molecule has 0 aliphatic carbocycles. The number of carbonyl (C=O) groups excluding carboxylic acids is 1. The molecule has 2 nitrogen and oxygen atoms in total. The summed E-state index contributed by atoms with van der Waals surface area (Å²) in [6.45, 7) is 12.9. The molecule has 0 aliphatic heterocycles. The maximum Gasteiger partial charge on any atom is 0.120 e. The van der Waals surface area contributed by atoms with Gasteiger partial charge < -0.3 is 4.79 Å². The van der Waals surface area contributed by atoms with Crippen LogP contribution in [0.25, 0.3) is 6.08 Å². The third-order valence-electron chi connectivity index (χ3n) is 3.70. The van der Waals surface area contributed by atoms with Gasteiger partial charge in [0.25, 0.3) is 0 Å². The minimum Gasteiger partial charge on any atom is -0.303 e. The maximum absolute atomic E-state index is 10.5. The zero-order valence-corrected chi connectivity index (χ0v) is 12.9. The van der Waals surface area contributed by atoms with E-state index in [1.165, 1.54) is 22.3 Å². The molecule has 2 heteroatoms. The molecule has 1 unspecified atom stereocenters. The molecule has 1 aromatic carbocycles. The monoisotopic (exact) mass is 271 g/mol. The van der Waals surface area contributed by atoms with Crippen molar-refractivity contribution in [3.63, 3.8) is 0 Å². The number of aldehydes is 1. The molecule has 0 N–H and O–H groups in total. The SMILES string of the molecule is C=Cc1cc(C)cc(C)c1CN(C)C(C=C)CCC=O. The van der Waals surface area contributed by atoms with E-state index in [2.05, 4.69) is 51.1 Å². The van der Waals surface area contributed by atoms with Crippen LogP contribution in [0.1, 0.15) is 35.1 Å². The summed E-state index contributed by atoms with van der Waals surface area (Å²) in [5.74, 6) is 0. The van der Waals surface area contributed by atoms with Crippen LogP contribution in [0, 0.1) is 13.8 Å². The number of nitrogens with zero attached hydrogens (tertiary/aromatic N) is 1. The fourth-order valence-corrected chi connectivity index (χ4v) is 2.55. The van der Waals surface area contributed by atoms with Crippen molar-refractivity contribution in [1.82, 2.24) is 4.90 Å². The molecule has 0 heterocycles. The fraction of sp³-hybridized carbons (Fsp3) is 0.389. The first-order valence-corrected chi connectivity index (χ1v) is 7.02. The molecule has 0 amide bonds. The summed E-state index contributed by atoms with van der Waals surface area (Å²) in [4.78, 5) is 12.8. The summed E-state index contributed by atoms with van der Waals surface area (Å²) in [5.41, 5.74) is 5.02. The summed E-state index contributed by atoms with van der Waals surface area (Å²) in [5, 5.41) is 0. The van der Waals surface area contributed by atoms with E-state index in [4.69, 9.17) is 0 Å². The standard InChI is InChI=1S/C18H25NO/c1-6-16-12-14(3)11-15(4)18(16)13-19(5)17(7-2)9-8-10-20/h6-7,10-12,17H,1-2,8-9,13H2,3-5H3. The van der Waals surface area contributed by atoms with Crippen LogP contribution in [-0.4, -0.2) is 24.3 Å². The van der Waals surface area contributed by atoms with Crippen molar-refractivity contribution in [3.05, 3.63) is 53.6 Å². The van der Waals surface area contributed by atoms with E-state index >= 15 is 0 Å². The number of hydrogen-bond acceptors (Lipinski definition) is 2. The topological polar surface area (TPSA) is 20.3 Å². The first-order valence-electron chi connectivity index (χ1n) is 7.02. The van der Waals surface area contributed by atoms with E-state index in [0.29, 0.717) is 6.42 Å². The van der Waals surface area contributed by atoms with E-state index in [-0.39, 0.29) is 6.04 Å². The van der Waals surface area contributed by atoms with Crippen LogP contribution in [0.15, 0.2) is 31.4 Å². The Balaban J connectivity index is 2.94. The maximum atomic E-state index is 10.5. The van der Waals surface area contributed by atoms with Crippen LogP contribution < -0.4 is 0 Å². The fourth-order valence-electron chi connectivity index (χ4n) is 2.55. The van der Waals surface area contributed by atoms with Gasteiger partial charge in [-0.2, -0.15) is 0 Å². The third kappa shape index (κ3) is 4.17. The molecule has 0 aromatic heterocycles. The average molecular weight is 271 g/mol. The van der Waals surface area contributed by atoms with Crippen molar-refractivity contribution in [1.29, 1.82) is 0 Å². The smallest absolute Gasteiger partial charge is 0.120 e. The van der Waals surface area contributed by atoms with Gasteiger partial charge in [-0.3, -0.25) is 4.90 Å². The van der Waals surface area contributed by atoms with Gasteiger partial charge in [-0.25, -0.2) is 0 Å². The number of carbonyl (C=O) groups is 1. The number of likely N-dealkylation sites (N-methyl/N-ethyl adjacent to an activating group) is 1. The van der Waals surface area contributed by atoms with Gasteiger partial charge in [-0.15, -0.1) is 6.58 Å². The van der Waals surface area contributed by atoms with Crippen LogP contribution in [-0.2, 0) is 11.3 Å². The lowest BCUT2D eigenvalue weighted by Crippen LogP contribution is -2.30. The van der Waals surface area contributed by atoms with Crippen molar-refractivity contribution in [2.24, 2.45) is 0 Å². The van der Waals surface area contributed by atoms with Gasteiger partial charge in [0, 0.05) is 19.0 Å². The quantitative estimate of drug-likeness (QED) is 0.528. The van der Waals surface area contributed by atoms with Gasteiger partial charge in [0.1, 0.15) is 6.29 Å². The molecule has 0 saturated carbocycles. The third-order valence-corrected chi connectivity index (χ3v) is 3.70. The van der Waals surface area contributed by atoms with Gasteiger partial charge in [0.05, 0.1) is 0 Å². The molecular formula is C18H25NO. The van der Waals surface area contributed by atoms with Gasteiger partial charge in [-0.05, 0) is 44.0 Å². The highest BCUT2D eigenvalue weighted by molar-refractivity contribution is 5.55. The van der Waals surface area contributed by atoms with E-state index in [9.17, 15) is 4.79 Å². The Bertz CT molecular complexity index is 490. The molecular weight excluding hydrogens is 246 g/mol. The molecule has 0 radical (unpaired) electrons. The Hall–Kier alpha value is -1.67. The minimum absolute atomic E-state index is 0.221. The first-order chi connectivity index (χ1) is 9.53. The average Bonchev–Trinajstić information content (AvgIpc) is 2.42. The number of aryl methyl sites for hydroxylation is 2. The van der Waals surface area contributed by atoms with Crippen LogP contribution in [0.4, 0.5) is 0 Å². The van der Waals surface area contributed by atoms with Crippen molar-refractivity contribution in [2.45, 2.75) is 39.3 Å². The van der Waals surface area contributed by atoms with Gasteiger partial charge in [0.15, 0.2) is 0 Å². The lowest BCUT2D eigenvalue weighted by molar-refractivity contribution is -0.108. The highest BCUT2D eigenvalue weighted by Crippen LogP contribution is 2.21. The Morgan fingerprint density at radius 1 is 1.30 bits per heavy atom. The summed E-state index contributed by atoms with van der Waals surface area (Å²) < 4.78 is 0. The number of rotatable bonds is 8. The molecule has 0 bridgehead atoms. The summed E-state index contributed by atoms with van der Waals surface area (Å²) in [7, 11) is 2.07. The van der Waals surface area contributed by atoms with Gasteiger partial charge >= 0.3 is 0 Å². The zero-order valence-electron chi connectivity index (χ0n) is 12.9. The molecule has 0 aliphatic rings. The molecule has 1 aromatic rings. The Morgan fingerprint density at radius 3 is 2.55 bits per heavy atom. The molecule has 1 atom stereocenters. The van der Waals surface area contributed by atoms with E-state index < -0.39 is 0 Å². The lowest BCUT2D eigenvalue weighted by Gasteiger charge is -2.26. The molecule has 1 rings (SSSR count). The Morgan fingerprint density at radius 2 is 2.00 bits per heavy atom. The van der Waals surface area contributed by atoms with E-state index in [1.54, 1.807) is 0 Å². The highest BCUT2D eigenvalue weighted by Gasteiger charge is 2.14. The summed E-state index contributed by atoms with van der Waals surface area (Å²) in [6, 6.07) is 4.58. The van der Waals surface area contributed by atoms with Crippen LogP contribution in [0.2, 0.25) is 0 Å². The molecule has 0 spiro atoms. The van der Waals surface area contributed by atoms with Crippen molar-refractivity contribution < 1.29 is 4.79 Å². The minimum atomic E-state index is 0.221. The van der Waals surface area contributed by atoms with Crippen molar-refractivity contribution in [2.75, 3.05) is 7.05 Å². The summed E-state index contributed by atoms with van der Waals surface area (Å²) >= 11 is 0. The lowest BCUT2D eigenvalue weighted by atomic mass is 9.97. The first kappa shape index (κ1) is 16.4. The second-order valence-electron chi connectivity index (χ2n) is 5.32. The number of benzene rings is 1.